The van der Waals surface area contributed by atoms with Gasteiger partial charge >= 0.3 is 7.12 Å². The SMILES string of the molecule is Cc1ccc(-c2ccc(Cl)c(B3OC(C)(C)C(C)(C)O3)c2F)cc1. The van der Waals surface area contributed by atoms with Crippen molar-refractivity contribution in [1.29, 1.82) is 0 Å². The molecule has 1 saturated heterocycles. The molecule has 2 nitrogen and oxygen atoms in total. The fraction of sp³-hybridized carbons (Fsp3) is 0.368. The van der Waals surface area contributed by atoms with Crippen molar-refractivity contribution in [2.75, 3.05) is 0 Å². The third-order valence-corrected chi connectivity index (χ3v) is 5.31. The standard InChI is InChI=1S/C19H21BClFO2/c1-12-6-8-13(9-7-12)14-10-11-15(21)16(17(14)22)20-23-18(2,3)19(4,5)24-20/h6-11H,1-5H3. The minimum absolute atomic E-state index is 0.258. The number of benzene rings is 2. The zero-order valence-electron chi connectivity index (χ0n) is 14.6. The third-order valence-electron chi connectivity index (χ3n) is 4.98. The summed E-state index contributed by atoms with van der Waals surface area (Å²) in [6, 6.07) is 11.1. The summed E-state index contributed by atoms with van der Waals surface area (Å²) in [5.41, 5.74) is 1.57. The Hall–Kier alpha value is -1.36. The van der Waals surface area contributed by atoms with E-state index in [1.807, 2.05) is 58.9 Å². The van der Waals surface area contributed by atoms with Crippen molar-refractivity contribution >= 4 is 24.2 Å². The predicted octanol–water partition coefficient (Wildman–Crippen LogP) is 4.75. The summed E-state index contributed by atoms with van der Waals surface area (Å²) >= 11 is 6.28. The van der Waals surface area contributed by atoms with Crippen molar-refractivity contribution in [3.05, 3.63) is 52.8 Å². The lowest BCUT2D eigenvalue weighted by Gasteiger charge is -2.32. The Morgan fingerprint density at radius 1 is 0.917 bits per heavy atom. The van der Waals surface area contributed by atoms with Gasteiger partial charge in [-0.15, -0.1) is 0 Å². The van der Waals surface area contributed by atoms with Crippen molar-refractivity contribution in [3.8, 4) is 11.1 Å². The lowest BCUT2D eigenvalue weighted by molar-refractivity contribution is 0.00578. The lowest BCUT2D eigenvalue weighted by atomic mass is 9.77. The van der Waals surface area contributed by atoms with E-state index in [0.29, 0.717) is 10.6 Å². The second-order valence-corrected chi connectivity index (χ2v) is 7.68. The van der Waals surface area contributed by atoms with Crippen molar-refractivity contribution < 1.29 is 13.7 Å². The maximum Gasteiger partial charge on any atom is 0.499 e. The maximum absolute atomic E-state index is 15.2. The van der Waals surface area contributed by atoms with Crippen LogP contribution in [-0.2, 0) is 9.31 Å². The Morgan fingerprint density at radius 3 is 2.00 bits per heavy atom. The van der Waals surface area contributed by atoms with Crippen LogP contribution < -0.4 is 5.46 Å². The monoisotopic (exact) mass is 346 g/mol. The van der Waals surface area contributed by atoms with Crippen LogP contribution in [-0.4, -0.2) is 18.3 Å². The fourth-order valence-corrected chi connectivity index (χ4v) is 2.94. The molecule has 0 saturated carbocycles. The largest absolute Gasteiger partial charge is 0.499 e. The first kappa shape index (κ1) is 17.5. The van der Waals surface area contributed by atoms with Crippen LogP contribution in [0, 0.1) is 12.7 Å². The smallest absolute Gasteiger partial charge is 0.399 e. The molecule has 0 amide bonds. The molecule has 0 aliphatic carbocycles. The van der Waals surface area contributed by atoms with E-state index in [2.05, 4.69) is 0 Å². The minimum atomic E-state index is -0.826. The summed E-state index contributed by atoms with van der Waals surface area (Å²) in [5.74, 6) is -0.398. The van der Waals surface area contributed by atoms with Gasteiger partial charge in [0.1, 0.15) is 5.82 Å². The van der Waals surface area contributed by atoms with Crippen LogP contribution in [0.25, 0.3) is 11.1 Å². The van der Waals surface area contributed by atoms with Crippen LogP contribution in [0.2, 0.25) is 5.02 Å². The second kappa shape index (κ2) is 5.87. The lowest BCUT2D eigenvalue weighted by Crippen LogP contribution is -2.41. The molecule has 5 heteroatoms. The van der Waals surface area contributed by atoms with E-state index in [1.54, 1.807) is 12.1 Å². The summed E-state index contributed by atoms with van der Waals surface area (Å²) in [7, 11) is -0.826. The van der Waals surface area contributed by atoms with Crippen LogP contribution in [0.15, 0.2) is 36.4 Å². The fourth-order valence-electron chi connectivity index (χ4n) is 2.70. The van der Waals surface area contributed by atoms with Gasteiger partial charge in [0, 0.05) is 16.0 Å². The Bertz CT molecular complexity index is 756. The van der Waals surface area contributed by atoms with Gasteiger partial charge in [-0.3, -0.25) is 0 Å². The van der Waals surface area contributed by atoms with Crippen LogP contribution in [0.4, 0.5) is 4.39 Å². The predicted molar refractivity (Wildman–Crippen MR) is 97.3 cm³/mol. The van der Waals surface area contributed by atoms with Crippen LogP contribution >= 0.6 is 11.6 Å². The third kappa shape index (κ3) is 2.87. The van der Waals surface area contributed by atoms with Crippen LogP contribution in [0.3, 0.4) is 0 Å². The first-order valence-electron chi connectivity index (χ1n) is 8.03. The van der Waals surface area contributed by atoms with Gasteiger partial charge in [-0.25, -0.2) is 4.39 Å². The molecule has 126 valence electrons. The number of halogens is 2. The molecular weight excluding hydrogens is 325 g/mol. The molecule has 0 unspecified atom stereocenters. The molecule has 0 N–H and O–H groups in total. The summed E-state index contributed by atoms with van der Waals surface area (Å²) in [6.07, 6.45) is 0. The van der Waals surface area contributed by atoms with Crippen LogP contribution in [0.1, 0.15) is 33.3 Å². The molecule has 2 aromatic rings. The zero-order valence-corrected chi connectivity index (χ0v) is 15.4. The molecular formula is C19H21BClFO2. The van der Waals surface area contributed by atoms with E-state index >= 15 is 4.39 Å². The van der Waals surface area contributed by atoms with E-state index in [-0.39, 0.29) is 5.46 Å². The Morgan fingerprint density at radius 2 is 1.46 bits per heavy atom. The highest BCUT2D eigenvalue weighted by Gasteiger charge is 2.53. The Balaban J connectivity index is 2.07. The quantitative estimate of drug-likeness (QED) is 0.730. The highest BCUT2D eigenvalue weighted by Crippen LogP contribution is 2.38. The molecule has 0 radical (unpaired) electrons. The van der Waals surface area contributed by atoms with Gasteiger partial charge < -0.3 is 9.31 Å². The van der Waals surface area contributed by atoms with E-state index in [1.165, 1.54) is 0 Å². The Kier molecular flexibility index (Phi) is 4.27. The topological polar surface area (TPSA) is 18.5 Å². The van der Waals surface area contributed by atoms with Gasteiger partial charge in [0.05, 0.1) is 11.2 Å². The van der Waals surface area contributed by atoms with E-state index in [0.717, 1.165) is 11.1 Å². The van der Waals surface area contributed by atoms with Gasteiger partial charge in [0.2, 0.25) is 0 Å². The molecule has 0 aromatic heterocycles. The highest BCUT2D eigenvalue weighted by atomic mass is 35.5. The summed E-state index contributed by atoms with van der Waals surface area (Å²) in [4.78, 5) is 0. The molecule has 2 aromatic carbocycles. The number of aryl methyl sites for hydroxylation is 1. The van der Waals surface area contributed by atoms with E-state index < -0.39 is 24.1 Å². The molecule has 0 bridgehead atoms. The molecule has 1 heterocycles. The highest BCUT2D eigenvalue weighted by molar-refractivity contribution is 6.66. The zero-order chi connectivity index (χ0) is 17.7. The number of hydrogen-bond donors (Lipinski definition) is 0. The summed E-state index contributed by atoms with van der Waals surface area (Å²) in [5, 5.41) is 0.307. The molecule has 24 heavy (non-hydrogen) atoms. The molecule has 1 fully saturated rings. The van der Waals surface area contributed by atoms with Crippen molar-refractivity contribution in [2.24, 2.45) is 0 Å². The molecule has 3 rings (SSSR count). The van der Waals surface area contributed by atoms with Crippen LogP contribution in [0.5, 0.6) is 0 Å². The van der Waals surface area contributed by atoms with Crippen molar-refractivity contribution in [1.82, 2.24) is 0 Å². The van der Waals surface area contributed by atoms with Crippen molar-refractivity contribution in [3.63, 3.8) is 0 Å². The Labute approximate surface area is 148 Å². The maximum atomic E-state index is 15.2. The van der Waals surface area contributed by atoms with Gasteiger partial charge in [0.25, 0.3) is 0 Å². The van der Waals surface area contributed by atoms with Crippen molar-refractivity contribution in [2.45, 2.75) is 45.8 Å². The average Bonchev–Trinajstić information content (AvgIpc) is 2.68. The molecule has 0 atom stereocenters. The normalized spacial score (nSPS) is 18.9. The molecule has 0 spiro atoms. The molecule has 1 aliphatic heterocycles. The van der Waals surface area contributed by atoms with Gasteiger partial charge in [-0.05, 0) is 52.3 Å². The van der Waals surface area contributed by atoms with E-state index in [9.17, 15) is 0 Å². The van der Waals surface area contributed by atoms with E-state index in [4.69, 9.17) is 20.9 Å². The molecule has 1 aliphatic rings. The number of rotatable bonds is 2. The number of hydrogen-bond acceptors (Lipinski definition) is 2. The van der Waals surface area contributed by atoms with Gasteiger partial charge in [0.15, 0.2) is 0 Å². The summed E-state index contributed by atoms with van der Waals surface area (Å²) in [6.45, 7) is 9.73. The minimum Gasteiger partial charge on any atom is -0.399 e. The summed E-state index contributed by atoms with van der Waals surface area (Å²) < 4.78 is 27.2. The van der Waals surface area contributed by atoms with Gasteiger partial charge in [-0.2, -0.15) is 0 Å². The first-order chi connectivity index (χ1) is 11.1. The van der Waals surface area contributed by atoms with Gasteiger partial charge in [-0.1, -0.05) is 41.4 Å². The second-order valence-electron chi connectivity index (χ2n) is 7.28. The average molecular weight is 347 g/mol. The first-order valence-corrected chi connectivity index (χ1v) is 8.41.